The van der Waals surface area contributed by atoms with Crippen LogP contribution in [0.2, 0.25) is 0 Å². The lowest BCUT2D eigenvalue weighted by Crippen LogP contribution is -2.45. The highest BCUT2D eigenvalue weighted by Gasteiger charge is 2.17. The molecule has 0 aromatic rings. The fourth-order valence-electron chi connectivity index (χ4n) is 8.72. The molecule has 0 aliphatic heterocycles. The van der Waals surface area contributed by atoms with Gasteiger partial charge in [-0.2, -0.15) is 0 Å². The monoisotopic (exact) mass is 1080 g/mol. The van der Waals surface area contributed by atoms with Gasteiger partial charge in [-0.1, -0.05) is 305 Å². The van der Waals surface area contributed by atoms with Crippen LogP contribution in [0.15, 0.2) is 182 Å². The zero-order valence-electron chi connectivity index (χ0n) is 51.1. The van der Waals surface area contributed by atoms with E-state index in [-0.39, 0.29) is 12.5 Å². The summed E-state index contributed by atoms with van der Waals surface area (Å²) < 4.78 is 0. The SMILES string of the molecule is CC/C=C\C/C=C\C/C=C\C/C=C\C/C=C\C/C=C\C/C=C\C/C=C\C/C=C\C/C=C\C/C=C\C/C=C\CCCCC(=O)NC(CO)C(O)/C=C/CC/C=C/CC/C=C/CCCCCCCCCCCCCCCCCCCC. The number of allylic oxidation sites excluding steroid dienone is 29. The van der Waals surface area contributed by atoms with Gasteiger partial charge >= 0.3 is 0 Å². The van der Waals surface area contributed by atoms with Crippen LogP contribution in [0.4, 0.5) is 0 Å². The van der Waals surface area contributed by atoms with Crippen LogP contribution < -0.4 is 5.32 Å². The van der Waals surface area contributed by atoms with E-state index in [9.17, 15) is 15.0 Å². The van der Waals surface area contributed by atoms with Crippen LogP contribution in [0.3, 0.4) is 0 Å². The van der Waals surface area contributed by atoms with Crippen LogP contribution in [0.1, 0.15) is 264 Å². The third-order valence-electron chi connectivity index (χ3n) is 13.6. The van der Waals surface area contributed by atoms with Crippen molar-refractivity contribution in [3.05, 3.63) is 182 Å². The van der Waals surface area contributed by atoms with Crippen molar-refractivity contribution in [1.82, 2.24) is 5.32 Å². The lowest BCUT2D eigenvalue weighted by atomic mass is 10.0. The van der Waals surface area contributed by atoms with Gasteiger partial charge in [0, 0.05) is 6.42 Å². The minimum atomic E-state index is -0.904. The number of carbonyl (C=O) groups is 1. The van der Waals surface area contributed by atoms with E-state index < -0.39 is 12.1 Å². The lowest BCUT2D eigenvalue weighted by Gasteiger charge is -2.19. The molecule has 0 aliphatic rings. The van der Waals surface area contributed by atoms with Gasteiger partial charge in [0.25, 0.3) is 0 Å². The van der Waals surface area contributed by atoms with Crippen molar-refractivity contribution in [2.45, 2.75) is 276 Å². The molecule has 2 atom stereocenters. The van der Waals surface area contributed by atoms with E-state index in [0.29, 0.717) is 6.42 Å². The lowest BCUT2D eigenvalue weighted by molar-refractivity contribution is -0.123. The molecule has 4 heteroatoms. The number of rotatable bonds is 57. The van der Waals surface area contributed by atoms with Gasteiger partial charge in [-0.15, -0.1) is 0 Å². The number of nitrogens with one attached hydrogen (secondary N) is 1. The number of aliphatic hydroxyl groups excluding tert-OH is 2. The van der Waals surface area contributed by atoms with Crippen molar-refractivity contribution in [3.8, 4) is 0 Å². The Morgan fingerprint density at radius 1 is 0.316 bits per heavy atom. The van der Waals surface area contributed by atoms with E-state index in [4.69, 9.17) is 0 Å². The number of unbranched alkanes of at least 4 members (excludes halogenated alkanes) is 22. The van der Waals surface area contributed by atoms with Crippen LogP contribution in [-0.4, -0.2) is 34.9 Å². The number of hydrogen-bond acceptors (Lipinski definition) is 3. The number of aliphatic hydroxyl groups is 2. The van der Waals surface area contributed by atoms with Crippen molar-refractivity contribution in [2.24, 2.45) is 0 Å². The molecule has 0 bridgehead atoms. The normalized spacial score (nSPS) is 14.0. The third-order valence-corrected chi connectivity index (χ3v) is 13.6. The minimum Gasteiger partial charge on any atom is -0.394 e. The molecule has 4 nitrogen and oxygen atoms in total. The quantitative estimate of drug-likeness (QED) is 0.0420. The molecule has 0 aromatic carbocycles. The predicted molar refractivity (Wildman–Crippen MR) is 354 cm³/mol. The fourth-order valence-corrected chi connectivity index (χ4v) is 8.72. The molecule has 2 unspecified atom stereocenters. The Bertz CT molecular complexity index is 1750. The highest BCUT2D eigenvalue weighted by Crippen LogP contribution is 2.15. The molecule has 0 aliphatic carbocycles. The fraction of sp³-hybridized carbons (Fsp3) is 0.587. The molecule has 444 valence electrons. The Morgan fingerprint density at radius 2 is 0.570 bits per heavy atom. The van der Waals surface area contributed by atoms with Gasteiger partial charge < -0.3 is 15.5 Å². The molecular formula is C75H121NO3. The van der Waals surface area contributed by atoms with Gasteiger partial charge in [-0.25, -0.2) is 0 Å². The molecule has 0 fully saturated rings. The Morgan fingerprint density at radius 3 is 0.886 bits per heavy atom. The molecule has 79 heavy (non-hydrogen) atoms. The van der Waals surface area contributed by atoms with Crippen LogP contribution in [-0.2, 0) is 4.79 Å². The molecular weight excluding hydrogens is 963 g/mol. The van der Waals surface area contributed by atoms with E-state index >= 15 is 0 Å². The highest BCUT2D eigenvalue weighted by molar-refractivity contribution is 5.76. The number of carbonyl (C=O) groups excluding carboxylic acids is 1. The molecule has 0 saturated carbocycles. The summed E-state index contributed by atoms with van der Waals surface area (Å²) >= 11 is 0. The number of hydrogen-bond donors (Lipinski definition) is 3. The third kappa shape index (κ3) is 64.2. The van der Waals surface area contributed by atoms with Gasteiger partial charge in [-0.3, -0.25) is 4.79 Å². The van der Waals surface area contributed by atoms with Gasteiger partial charge in [-0.05, 0) is 135 Å². The molecule has 3 N–H and O–H groups in total. The topological polar surface area (TPSA) is 69.6 Å². The molecule has 0 aromatic heterocycles. The molecule has 0 saturated heterocycles. The number of amides is 1. The maximum Gasteiger partial charge on any atom is 0.220 e. The Hall–Kier alpha value is -4.51. The van der Waals surface area contributed by atoms with E-state index in [2.05, 4.69) is 189 Å². The van der Waals surface area contributed by atoms with Gasteiger partial charge in [0.1, 0.15) is 0 Å². The zero-order chi connectivity index (χ0) is 56.9. The summed E-state index contributed by atoms with van der Waals surface area (Å²) in [6.07, 6.45) is 111. The van der Waals surface area contributed by atoms with E-state index in [0.717, 1.165) is 122 Å². The maximum atomic E-state index is 12.5. The van der Waals surface area contributed by atoms with E-state index in [1.807, 2.05) is 6.08 Å². The Balaban J connectivity index is 3.74. The zero-order valence-corrected chi connectivity index (χ0v) is 51.1. The van der Waals surface area contributed by atoms with Crippen molar-refractivity contribution < 1.29 is 15.0 Å². The second kappa shape index (κ2) is 67.8. The Kier molecular flexibility index (Phi) is 63.9. The predicted octanol–water partition coefficient (Wildman–Crippen LogP) is 22.4. The first-order valence-corrected chi connectivity index (χ1v) is 32.5. The molecule has 0 rings (SSSR count). The smallest absolute Gasteiger partial charge is 0.220 e. The summed E-state index contributed by atoms with van der Waals surface area (Å²) in [6.45, 7) is 4.17. The van der Waals surface area contributed by atoms with Crippen molar-refractivity contribution in [1.29, 1.82) is 0 Å². The average molecular weight is 1080 g/mol. The van der Waals surface area contributed by atoms with Crippen LogP contribution >= 0.6 is 0 Å². The average Bonchev–Trinajstić information content (AvgIpc) is 3.45. The maximum absolute atomic E-state index is 12.5. The summed E-state index contributed by atoms with van der Waals surface area (Å²) in [5.41, 5.74) is 0. The van der Waals surface area contributed by atoms with Crippen LogP contribution in [0.5, 0.6) is 0 Å². The van der Waals surface area contributed by atoms with Crippen LogP contribution in [0.25, 0.3) is 0 Å². The molecule has 1 amide bonds. The summed E-state index contributed by atoms with van der Waals surface area (Å²) in [5, 5.41) is 23.2. The van der Waals surface area contributed by atoms with Crippen LogP contribution in [0, 0.1) is 0 Å². The summed E-state index contributed by atoms with van der Waals surface area (Å²) in [6, 6.07) is -0.685. The van der Waals surface area contributed by atoms with Crippen molar-refractivity contribution in [3.63, 3.8) is 0 Å². The second-order valence-electron chi connectivity index (χ2n) is 21.1. The minimum absolute atomic E-state index is 0.126. The summed E-state index contributed by atoms with van der Waals surface area (Å²) in [7, 11) is 0. The first-order chi connectivity index (χ1) is 39.2. The summed E-state index contributed by atoms with van der Waals surface area (Å²) in [5.74, 6) is -0.126. The molecule has 0 heterocycles. The summed E-state index contributed by atoms with van der Waals surface area (Å²) in [4.78, 5) is 12.5. The van der Waals surface area contributed by atoms with E-state index in [1.54, 1.807) is 6.08 Å². The molecule has 0 radical (unpaired) electrons. The first-order valence-electron chi connectivity index (χ1n) is 32.5. The van der Waals surface area contributed by atoms with Gasteiger partial charge in [0.15, 0.2) is 0 Å². The van der Waals surface area contributed by atoms with E-state index in [1.165, 1.54) is 122 Å². The van der Waals surface area contributed by atoms with Crippen molar-refractivity contribution in [2.75, 3.05) is 6.61 Å². The first kappa shape index (κ1) is 74.5. The molecule has 0 spiro atoms. The Labute approximate surface area is 489 Å². The second-order valence-corrected chi connectivity index (χ2v) is 21.1. The van der Waals surface area contributed by atoms with Gasteiger partial charge in [0.2, 0.25) is 5.91 Å². The van der Waals surface area contributed by atoms with Crippen molar-refractivity contribution >= 4 is 5.91 Å². The van der Waals surface area contributed by atoms with Gasteiger partial charge in [0.05, 0.1) is 18.8 Å². The standard InChI is InChI=1S/C75H121NO3/c1-3-5-7-9-11-13-15-17-19-21-23-25-27-29-31-33-34-35-36-37-38-39-40-41-42-43-45-47-49-51-53-55-57-59-61-63-65-67-69-71-75(79)76-73(72-77)74(78)70-68-66-64-62-60-58-56-54-52-50-48-46-44-32-30-28-26-24-22-20-18-16-14-12-10-8-6-4-2/h5,7,11,13,17,19,23,25,29,31,34-35,37-38,40-41,43,45,49,51-52,54-55,57,60-63,68,70,73-74,77-78H,3-4,6,8-10,12,14-16,18,20-22,24,26-28,30,32-33,36,39,42,44,46-48,50,53,56,58-59,64-67,69,71-72H2,1-2H3,(H,76,79)/b7-5-,13-11-,19-17-,25-23-,31-29-,35-34-,38-37-,41-40-,45-43-,51-49-,54-52+,57-55-,62-60+,63-61-,70-68+. The largest absolute Gasteiger partial charge is 0.394 e. The highest BCUT2D eigenvalue weighted by atomic mass is 16.3.